The fourth-order valence-electron chi connectivity index (χ4n) is 1.65. The van der Waals surface area contributed by atoms with Crippen LogP contribution in [0.4, 0.5) is 0 Å². The lowest BCUT2D eigenvalue weighted by molar-refractivity contribution is 0.172. The maximum atomic E-state index is 5.75. The first-order valence-electron chi connectivity index (χ1n) is 5.54. The van der Waals surface area contributed by atoms with Gasteiger partial charge in [0.1, 0.15) is 5.76 Å². The number of halogens is 1. The fourth-order valence-corrected chi connectivity index (χ4v) is 1.79. The number of fused-ring (bicyclic) bond motifs is 1. The molecular formula is C13H15ClO3. The minimum Gasteiger partial charge on any atom is -0.490 e. The van der Waals surface area contributed by atoms with Crippen LogP contribution in [0.1, 0.15) is 12.2 Å². The number of alkyl halides is 1. The number of ether oxygens (including phenoxy) is 2. The second kappa shape index (κ2) is 5.94. The molecule has 4 heteroatoms. The summed E-state index contributed by atoms with van der Waals surface area (Å²) in [7, 11) is 1.68. The maximum Gasteiger partial charge on any atom is 0.176 e. The highest BCUT2D eigenvalue weighted by Crippen LogP contribution is 2.29. The average molecular weight is 255 g/mol. The molecule has 0 aliphatic carbocycles. The quantitative estimate of drug-likeness (QED) is 0.583. The van der Waals surface area contributed by atoms with Gasteiger partial charge in [-0.2, -0.15) is 0 Å². The van der Waals surface area contributed by atoms with E-state index in [1.807, 2.05) is 24.3 Å². The summed E-state index contributed by atoms with van der Waals surface area (Å²) in [5.41, 5.74) is 0.764. The normalized spacial score (nSPS) is 10.9. The van der Waals surface area contributed by atoms with Gasteiger partial charge in [-0.1, -0.05) is 12.1 Å². The lowest BCUT2D eigenvalue weighted by Crippen LogP contribution is -2.01. The number of rotatable bonds is 6. The van der Waals surface area contributed by atoms with Crippen LogP contribution in [-0.4, -0.2) is 20.3 Å². The molecule has 0 spiro atoms. The number of hydrogen-bond acceptors (Lipinski definition) is 3. The molecule has 17 heavy (non-hydrogen) atoms. The first-order chi connectivity index (χ1) is 8.35. The Morgan fingerprint density at radius 3 is 2.94 bits per heavy atom. The van der Waals surface area contributed by atoms with E-state index in [0.29, 0.717) is 19.1 Å². The van der Waals surface area contributed by atoms with E-state index in [-0.39, 0.29) is 0 Å². The zero-order chi connectivity index (χ0) is 12.1. The Balaban J connectivity index is 2.13. The third-order valence-electron chi connectivity index (χ3n) is 2.44. The van der Waals surface area contributed by atoms with Crippen LogP contribution < -0.4 is 4.74 Å². The smallest absolute Gasteiger partial charge is 0.176 e. The van der Waals surface area contributed by atoms with Crippen LogP contribution >= 0.6 is 11.6 Å². The second-order valence-electron chi connectivity index (χ2n) is 3.72. The highest BCUT2D eigenvalue weighted by Gasteiger charge is 2.08. The number of para-hydroxylation sites is 1. The largest absolute Gasteiger partial charge is 0.490 e. The minimum atomic E-state index is 0.373. The molecule has 0 atom stereocenters. The zero-order valence-corrected chi connectivity index (χ0v) is 10.5. The summed E-state index contributed by atoms with van der Waals surface area (Å²) in [4.78, 5) is 0. The summed E-state index contributed by atoms with van der Waals surface area (Å²) in [5.74, 6) is 1.89. The second-order valence-corrected chi connectivity index (χ2v) is 3.98. The molecule has 1 heterocycles. The molecule has 0 radical (unpaired) electrons. The van der Waals surface area contributed by atoms with Crippen molar-refractivity contribution in [3.05, 3.63) is 30.0 Å². The van der Waals surface area contributed by atoms with Gasteiger partial charge < -0.3 is 13.9 Å². The van der Waals surface area contributed by atoms with Gasteiger partial charge in [-0.05, 0) is 12.1 Å². The third-order valence-corrected chi connectivity index (χ3v) is 2.70. The van der Waals surface area contributed by atoms with Crippen molar-refractivity contribution in [2.24, 2.45) is 0 Å². The molecular weight excluding hydrogens is 240 g/mol. The molecule has 0 unspecified atom stereocenters. The summed E-state index contributed by atoms with van der Waals surface area (Å²) >= 11 is 5.75. The molecule has 0 aliphatic rings. The van der Waals surface area contributed by atoms with E-state index in [1.165, 1.54) is 0 Å². The molecule has 0 bridgehead atoms. The van der Waals surface area contributed by atoms with E-state index in [4.69, 9.17) is 25.5 Å². The zero-order valence-electron chi connectivity index (χ0n) is 9.74. The number of furan rings is 1. The van der Waals surface area contributed by atoms with Crippen LogP contribution in [0.5, 0.6) is 5.75 Å². The Hall–Kier alpha value is -1.19. The van der Waals surface area contributed by atoms with Gasteiger partial charge in [0, 0.05) is 25.5 Å². The predicted octanol–water partition coefficient (Wildman–Crippen LogP) is 3.59. The van der Waals surface area contributed by atoms with Crippen molar-refractivity contribution in [3.63, 3.8) is 0 Å². The number of hydrogen-bond donors (Lipinski definition) is 0. The summed E-state index contributed by atoms with van der Waals surface area (Å²) in [6.45, 7) is 1.31. The molecule has 92 valence electrons. The molecule has 1 aromatic carbocycles. The van der Waals surface area contributed by atoms with Gasteiger partial charge in [-0.15, -0.1) is 11.6 Å². The number of benzene rings is 1. The van der Waals surface area contributed by atoms with Crippen molar-refractivity contribution in [2.45, 2.75) is 12.3 Å². The van der Waals surface area contributed by atoms with Crippen LogP contribution in [0.15, 0.2) is 28.7 Å². The SMILES string of the molecule is COCCCOc1cccc2cc(CCl)oc12. The Labute approximate surface area is 105 Å². The van der Waals surface area contributed by atoms with Crippen molar-refractivity contribution < 1.29 is 13.9 Å². The van der Waals surface area contributed by atoms with E-state index < -0.39 is 0 Å². The molecule has 0 amide bonds. The molecule has 0 fully saturated rings. The maximum absolute atomic E-state index is 5.75. The van der Waals surface area contributed by atoms with E-state index in [9.17, 15) is 0 Å². The average Bonchev–Trinajstić information content (AvgIpc) is 2.78. The highest BCUT2D eigenvalue weighted by atomic mass is 35.5. The van der Waals surface area contributed by atoms with Crippen molar-refractivity contribution in [2.75, 3.05) is 20.3 Å². The van der Waals surface area contributed by atoms with Crippen LogP contribution in [-0.2, 0) is 10.6 Å². The topological polar surface area (TPSA) is 31.6 Å². The van der Waals surface area contributed by atoms with Gasteiger partial charge in [0.2, 0.25) is 0 Å². The van der Waals surface area contributed by atoms with Crippen molar-refractivity contribution >= 4 is 22.6 Å². The molecule has 0 N–H and O–H groups in total. The third kappa shape index (κ3) is 2.93. The summed E-state index contributed by atoms with van der Waals surface area (Å²) in [6, 6.07) is 7.76. The fraction of sp³-hybridized carbons (Fsp3) is 0.385. The Morgan fingerprint density at radius 2 is 2.18 bits per heavy atom. The van der Waals surface area contributed by atoms with Crippen molar-refractivity contribution in [1.29, 1.82) is 0 Å². The molecule has 2 rings (SSSR count). The highest BCUT2D eigenvalue weighted by molar-refractivity contribution is 6.17. The van der Waals surface area contributed by atoms with Crippen LogP contribution in [0.2, 0.25) is 0 Å². The van der Waals surface area contributed by atoms with Gasteiger partial charge >= 0.3 is 0 Å². The van der Waals surface area contributed by atoms with Crippen LogP contribution in [0, 0.1) is 0 Å². The van der Waals surface area contributed by atoms with Gasteiger partial charge in [-0.3, -0.25) is 0 Å². The standard InChI is InChI=1S/C13H15ClO3/c1-15-6-3-7-16-12-5-2-4-10-8-11(9-14)17-13(10)12/h2,4-5,8H,3,6-7,9H2,1H3. The van der Waals surface area contributed by atoms with Gasteiger partial charge in [0.15, 0.2) is 11.3 Å². The van der Waals surface area contributed by atoms with Gasteiger partial charge in [0.25, 0.3) is 0 Å². The number of methoxy groups -OCH3 is 1. The first-order valence-corrected chi connectivity index (χ1v) is 6.07. The van der Waals surface area contributed by atoms with Gasteiger partial charge in [-0.25, -0.2) is 0 Å². The summed E-state index contributed by atoms with van der Waals surface area (Å²) in [6.07, 6.45) is 0.857. The monoisotopic (exact) mass is 254 g/mol. The molecule has 0 saturated carbocycles. The Kier molecular flexibility index (Phi) is 4.29. The molecule has 0 saturated heterocycles. The molecule has 2 aromatic rings. The van der Waals surface area contributed by atoms with E-state index in [1.54, 1.807) is 7.11 Å². The summed E-state index contributed by atoms with van der Waals surface area (Å²) in [5, 5.41) is 1.02. The lowest BCUT2D eigenvalue weighted by Gasteiger charge is -2.05. The Bertz CT molecular complexity index is 478. The van der Waals surface area contributed by atoms with Gasteiger partial charge in [0.05, 0.1) is 12.5 Å². The molecule has 0 aliphatic heterocycles. The van der Waals surface area contributed by atoms with E-state index >= 15 is 0 Å². The predicted molar refractivity (Wildman–Crippen MR) is 67.8 cm³/mol. The van der Waals surface area contributed by atoms with E-state index in [0.717, 1.165) is 28.9 Å². The Morgan fingerprint density at radius 1 is 1.29 bits per heavy atom. The van der Waals surface area contributed by atoms with Crippen LogP contribution in [0.25, 0.3) is 11.0 Å². The van der Waals surface area contributed by atoms with Crippen molar-refractivity contribution in [1.82, 2.24) is 0 Å². The molecule has 1 aromatic heterocycles. The molecule has 3 nitrogen and oxygen atoms in total. The van der Waals surface area contributed by atoms with Crippen LogP contribution in [0.3, 0.4) is 0 Å². The minimum absolute atomic E-state index is 0.373. The summed E-state index contributed by atoms with van der Waals surface area (Å²) < 4.78 is 16.2. The van der Waals surface area contributed by atoms with E-state index in [2.05, 4.69) is 0 Å². The first kappa shape index (κ1) is 12.3. The van der Waals surface area contributed by atoms with Crippen molar-refractivity contribution in [3.8, 4) is 5.75 Å². The lowest BCUT2D eigenvalue weighted by atomic mass is 10.2.